The van der Waals surface area contributed by atoms with E-state index in [1.807, 2.05) is 31.2 Å². The highest BCUT2D eigenvalue weighted by Crippen LogP contribution is 2.23. The van der Waals surface area contributed by atoms with Crippen LogP contribution in [0.25, 0.3) is 0 Å². The van der Waals surface area contributed by atoms with Gasteiger partial charge in [-0.15, -0.1) is 0 Å². The van der Waals surface area contributed by atoms with Gasteiger partial charge >= 0.3 is 6.03 Å². The first-order chi connectivity index (χ1) is 10.8. The normalized spacial score (nSPS) is 18.1. The Hall–Kier alpha value is -1.46. The number of aliphatic hydroxyl groups is 1. The third-order valence-electron chi connectivity index (χ3n) is 3.94. The SMILES string of the molecule is CCN(CC(C)(C)O)C(=O)NC1CCN(c2cccc(Cl)c2)C1. The monoisotopic (exact) mass is 339 g/mol. The van der Waals surface area contributed by atoms with Crippen LogP contribution < -0.4 is 10.2 Å². The number of amides is 2. The summed E-state index contributed by atoms with van der Waals surface area (Å²) in [5, 5.41) is 13.7. The van der Waals surface area contributed by atoms with Crippen LogP contribution in [0.1, 0.15) is 27.2 Å². The van der Waals surface area contributed by atoms with E-state index in [1.54, 1.807) is 18.7 Å². The van der Waals surface area contributed by atoms with Crippen LogP contribution in [0.4, 0.5) is 10.5 Å². The van der Waals surface area contributed by atoms with Crippen molar-refractivity contribution in [2.45, 2.75) is 38.8 Å². The molecule has 6 heteroatoms. The Bertz CT molecular complexity index is 545. The number of halogens is 1. The highest BCUT2D eigenvalue weighted by molar-refractivity contribution is 6.30. The largest absolute Gasteiger partial charge is 0.389 e. The van der Waals surface area contributed by atoms with E-state index in [0.29, 0.717) is 13.1 Å². The van der Waals surface area contributed by atoms with Crippen molar-refractivity contribution in [3.8, 4) is 0 Å². The minimum absolute atomic E-state index is 0.109. The molecule has 0 spiro atoms. The zero-order valence-corrected chi connectivity index (χ0v) is 14.8. The van der Waals surface area contributed by atoms with Gasteiger partial charge < -0.3 is 20.2 Å². The van der Waals surface area contributed by atoms with Crippen LogP contribution in [0.15, 0.2) is 24.3 Å². The highest BCUT2D eigenvalue weighted by atomic mass is 35.5. The van der Waals surface area contributed by atoms with Gasteiger partial charge in [0.25, 0.3) is 0 Å². The topological polar surface area (TPSA) is 55.8 Å². The molecule has 2 N–H and O–H groups in total. The molecule has 1 aromatic rings. The number of benzene rings is 1. The second-order valence-corrected chi connectivity index (χ2v) is 7.12. The second kappa shape index (κ2) is 7.41. The molecule has 2 rings (SSSR count). The molecule has 1 heterocycles. The summed E-state index contributed by atoms with van der Waals surface area (Å²) in [6.45, 7) is 7.88. The first-order valence-electron chi connectivity index (χ1n) is 8.07. The lowest BCUT2D eigenvalue weighted by molar-refractivity contribution is 0.0476. The first kappa shape index (κ1) is 17.9. The quantitative estimate of drug-likeness (QED) is 0.867. The van der Waals surface area contributed by atoms with Crippen molar-refractivity contribution in [3.05, 3.63) is 29.3 Å². The van der Waals surface area contributed by atoms with Crippen LogP contribution in [0.2, 0.25) is 5.02 Å². The Morgan fingerprint density at radius 2 is 2.26 bits per heavy atom. The second-order valence-electron chi connectivity index (χ2n) is 6.69. The summed E-state index contributed by atoms with van der Waals surface area (Å²) < 4.78 is 0. The van der Waals surface area contributed by atoms with Crippen LogP contribution in [0, 0.1) is 0 Å². The fourth-order valence-electron chi connectivity index (χ4n) is 2.85. The highest BCUT2D eigenvalue weighted by Gasteiger charge is 2.27. The standard InChI is InChI=1S/C17H26ClN3O2/c1-4-20(12-17(2,3)23)16(22)19-14-8-9-21(11-14)15-7-5-6-13(18)10-15/h5-7,10,14,23H,4,8-9,11-12H2,1-3H3,(H,19,22). The number of hydrogen-bond acceptors (Lipinski definition) is 3. The number of rotatable bonds is 5. The minimum atomic E-state index is -0.893. The van der Waals surface area contributed by atoms with E-state index in [1.165, 1.54) is 0 Å². The molecule has 0 radical (unpaired) electrons. The third kappa shape index (κ3) is 5.29. The van der Waals surface area contributed by atoms with Gasteiger partial charge in [-0.1, -0.05) is 17.7 Å². The zero-order valence-electron chi connectivity index (χ0n) is 14.1. The van der Waals surface area contributed by atoms with Gasteiger partial charge in [0.15, 0.2) is 0 Å². The number of carbonyl (C=O) groups is 1. The van der Waals surface area contributed by atoms with Crippen molar-refractivity contribution in [2.24, 2.45) is 0 Å². The van der Waals surface area contributed by atoms with Crippen LogP contribution >= 0.6 is 11.6 Å². The van der Waals surface area contributed by atoms with Gasteiger partial charge in [-0.05, 0) is 45.4 Å². The third-order valence-corrected chi connectivity index (χ3v) is 4.17. The summed E-state index contributed by atoms with van der Waals surface area (Å²) in [6, 6.07) is 7.76. The lowest BCUT2D eigenvalue weighted by Crippen LogP contribution is -2.50. The Kier molecular flexibility index (Phi) is 5.76. The molecule has 1 aliphatic heterocycles. The molecule has 0 bridgehead atoms. The predicted molar refractivity (Wildman–Crippen MR) is 94.1 cm³/mol. The van der Waals surface area contributed by atoms with E-state index in [2.05, 4.69) is 10.2 Å². The Morgan fingerprint density at radius 1 is 1.52 bits per heavy atom. The Labute approximate surface area is 143 Å². The molecule has 23 heavy (non-hydrogen) atoms. The fraction of sp³-hybridized carbons (Fsp3) is 0.588. The van der Waals surface area contributed by atoms with Gasteiger partial charge in [0.2, 0.25) is 0 Å². The predicted octanol–water partition coefficient (Wildman–Crippen LogP) is 2.72. The summed E-state index contributed by atoms with van der Waals surface area (Å²) >= 11 is 6.04. The van der Waals surface area contributed by atoms with Gasteiger partial charge in [0.05, 0.1) is 12.1 Å². The molecule has 0 saturated carbocycles. The van der Waals surface area contributed by atoms with Crippen molar-refractivity contribution >= 4 is 23.3 Å². The molecule has 5 nitrogen and oxygen atoms in total. The van der Waals surface area contributed by atoms with E-state index < -0.39 is 5.60 Å². The smallest absolute Gasteiger partial charge is 0.317 e. The molecule has 128 valence electrons. The summed E-state index contributed by atoms with van der Waals surface area (Å²) in [6.07, 6.45) is 0.901. The van der Waals surface area contributed by atoms with Crippen molar-refractivity contribution in [3.63, 3.8) is 0 Å². The molecule has 2 amide bonds. The molecular formula is C17H26ClN3O2. The number of nitrogens with zero attached hydrogens (tertiary/aromatic N) is 2. The molecule has 1 unspecified atom stereocenters. The van der Waals surface area contributed by atoms with Crippen molar-refractivity contribution < 1.29 is 9.90 Å². The Balaban J connectivity index is 1.90. The van der Waals surface area contributed by atoms with Crippen LogP contribution in [-0.4, -0.2) is 53.9 Å². The average molecular weight is 340 g/mol. The van der Waals surface area contributed by atoms with Gasteiger partial charge in [-0.3, -0.25) is 0 Å². The number of hydrogen-bond donors (Lipinski definition) is 2. The van der Waals surface area contributed by atoms with Crippen LogP contribution in [-0.2, 0) is 0 Å². The van der Waals surface area contributed by atoms with Crippen LogP contribution in [0.5, 0.6) is 0 Å². The lowest BCUT2D eigenvalue weighted by atomic mass is 10.1. The summed E-state index contributed by atoms with van der Waals surface area (Å²) in [5.74, 6) is 0. The Morgan fingerprint density at radius 3 is 2.87 bits per heavy atom. The maximum Gasteiger partial charge on any atom is 0.317 e. The van der Waals surface area contributed by atoms with E-state index in [0.717, 1.165) is 30.2 Å². The minimum Gasteiger partial charge on any atom is -0.389 e. The number of carbonyl (C=O) groups excluding carboxylic acids is 1. The van der Waals surface area contributed by atoms with Gasteiger partial charge in [0, 0.05) is 36.4 Å². The van der Waals surface area contributed by atoms with E-state index >= 15 is 0 Å². The molecule has 1 saturated heterocycles. The van der Waals surface area contributed by atoms with E-state index in [9.17, 15) is 9.90 Å². The maximum absolute atomic E-state index is 12.4. The summed E-state index contributed by atoms with van der Waals surface area (Å²) in [5.41, 5.74) is 0.189. The van der Waals surface area contributed by atoms with Crippen molar-refractivity contribution in [1.29, 1.82) is 0 Å². The van der Waals surface area contributed by atoms with E-state index in [-0.39, 0.29) is 12.1 Å². The zero-order chi connectivity index (χ0) is 17.0. The number of likely N-dealkylation sites (N-methyl/N-ethyl adjacent to an activating group) is 1. The summed E-state index contributed by atoms with van der Waals surface area (Å²) in [7, 11) is 0. The van der Waals surface area contributed by atoms with Gasteiger partial charge in [-0.25, -0.2) is 4.79 Å². The van der Waals surface area contributed by atoms with Crippen LogP contribution in [0.3, 0.4) is 0 Å². The molecule has 1 atom stereocenters. The number of anilines is 1. The lowest BCUT2D eigenvalue weighted by Gasteiger charge is -2.29. The number of urea groups is 1. The first-order valence-corrected chi connectivity index (χ1v) is 8.44. The molecule has 1 aromatic carbocycles. The molecule has 0 aromatic heterocycles. The maximum atomic E-state index is 12.4. The molecule has 0 aliphatic carbocycles. The van der Waals surface area contributed by atoms with Crippen molar-refractivity contribution in [2.75, 3.05) is 31.1 Å². The fourth-order valence-corrected chi connectivity index (χ4v) is 3.03. The molecular weight excluding hydrogens is 314 g/mol. The van der Waals surface area contributed by atoms with E-state index in [4.69, 9.17) is 11.6 Å². The average Bonchev–Trinajstić information content (AvgIpc) is 2.92. The summed E-state index contributed by atoms with van der Waals surface area (Å²) in [4.78, 5) is 16.2. The number of nitrogens with one attached hydrogen (secondary N) is 1. The molecule has 1 fully saturated rings. The molecule has 1 aliphatic rings. The van der Waals surface area contributed by atoms with Gasteiger partial charge in [-0.2, -0.15) is 0 Å². The van der Waals surface area contributed by atoms with Gasteiger partial charge in [0.1, 0.15) is 0 Å². The van der Waals surface area contributed by atoms with Crippen molar-refractivity contribution in [1.82, 2.24) is 10.2 Å².